The number of rotatable bonds is 6. The number of aromatic nitrogens is 5. The van der Waals surface area contributed by atoms with Crippen molar-refractivity contribution in [2.45, 2.75) is 13.8 Å². The molecule has 8 nitrogen and oxygen atoms in total. The van der Waals surface area contributed by atoms with Gasteiger partial charge in [0, 0.05) is 48.4 Å². The van der Waals surface area contributed by atoms with Crippen molar-refractivity contribution in [1.29, 1.82) is 0 Å². The number of anilines is 1. The van der Waals surface area contributed by atoms with Crippen LogP contribution in [-0.2, 0) is 0 Å². The van der Waals surface area contributed by atoms with E-state index in [4.69, 9.17) is 0 Å². The lowest BCUT2D eigenvalue weighted by molar-refractivity contribution is 0.0954. The molecule has 3 aromatic heterocycles. The maximum atomic E-state index is 12.1. The molecule has 0 saturated carbocycles. The van der Waals surface area contributed by atoms with Gasteiger partial charge in [-0.3, -0.25) is 14.3 Å². The second-order valence-electron chi connectivity index (χ2n) is 5.58. The van der Waals surface area contributed by atoms with Crippen molar-refractivity contribution < 1.29 is 4.79 Å². The summed E-state index contributed by atoms with van der Waals surface area (Å²) >= 11 is 3.30. The Bertz CT molecular complexity index is 925. The van der Waals surface area contributed by atoms with E-state index in [1.807, 2.05) is 30.7 Å². The minimum atomic E-state index is -0.172. The number of halogens is 1. The number of nitrogens with one attached hydrogen (secondary N) is 2. The van der Waals surface area contributed by atoms with Crippen molar-refractivity contribution in [3.05, 3.63) is 58.6 Å². The molecule has 0 saturated heterocycles. The van der Waals surface area contributed by atoms with E-state index in [1.54, 1.807) is 18.5 Å². The number of carbonyl (C=O) groups excluding carboxylic acids is 1. The Morgan fingerprint density at radius 2 is 2.04 bits per heavy atom. The van der Waals surface area contributed by atoms with Gasteiger partial charge in [-0.15, -0.1) is 0 Å². The molecule has 26 heavy (non-hydrogen) atoms. The number of hydrogen-bond donors (Lipinski definition) is 2. The molecule has 0 aliphatic carbocycles. The Kier molecular flexibility index (Phi) is 5.57. The van der Waals surface area contributed by atoms with Crippen LogP contribution in [-0.4, -0.2) is 43.5 Å². The van der Waals surface area contributed by atoms with Crippen molar-refractivity contribution in [3.63, 3.8) is 0 Å². The molecule has 9 heteroatoms. The summed E-state index contributed by atoms with van der Waals surface area (Å²) in [5, 5.41) is 6.04. The predicted octanol–water partition coefficient (Wildman–Crippen LogP) is 2.28. The van der Waals surface area contributed by atoms with E-state index in [2.05, 4.69) is 46.5 Å². The van der Waals surface area contributed by atoms with Crippen LogP contribution in [0.1, 0.15) is 22.0 Å². The highest BCUT2D eigenvalue weighted by Gasteiger charge is 2.08. The highest BCUT2D eigenvalue weighted by Crippen LogP contribution is 2.12. The quantitative estimate of drug-likeness (QED) is 0.599. The van der Waals surface area contributed by atoms with Gasteiger partial charge in [0.05, 0.1) is 5.56 Å². The van der Waals surface area contributed by atoms with Gasteiger partial charge in [-0.1, -0.05) is 0 Å². The Morgan fingerprint density at radius 3 is 2.77 bits per heavy atom. The molecule has 0 atom stereocenters. The molecule has 134 valence electrons. The Balaban J connectivity index is 1.58. The monoisotopic (exact) mass is 415 g/mol. The van der Waals surface area contributed by atoms with E-state index in [0.29, 0.717) is 30.3 Å². The third-order valence-electron chi connectivity index (χ3n) is 3.58. The molecule has 0 bridgehead atoms. The van der Waals surface area contributed by atoms with Crippen LogP contribution in [0.4, 0.5) is 5.82 Å². The van der Waals surface area contributed by atoms with Crippen LogP contribution in [0.25, 0.3) is 5.82 Å². The van der Waals surface area contributed by atoms with E-state index in [9.17, 15) is 4.79 Å². The number of aryl methyl sites for hydroxylation is 2. The van der Waals surface area contributed by atoms with Crippen LogP contribution in [0.3, 0.4) is 0 Å². The average molecular weight is 416 g/mol. The van der Waals surface area contributed by atoms with Crippen LogP contribution in [0, 0.1) is 13.8 Å². The first-order valence-electron chi connectivity index (χ1n) is 8.01. The lowest BCUT2D eigenvalue weighted by atomic mass is 10.3. The van der Waals surface area contributed by atoms with Crippen LogP contribution in [0.15, 0.2) is 41.4 Å². The molecule has 3 rings (SSSR count). The zero-order chi connectivity index (χ0) is 18.5. The summed E-state index contributed by atoms with van der Waals surface area (Å²) in [7, 11) is 0. The minimum absolute atomic E-state index is 0.172. The summed E-state index contributed by atoms with van der Waals surface area (Å²) in [4.78, 5) is 29.1. The van der Waals surface area contributed by atoms with E-state index in [0.717, 1.165) is 16.1 Å². The first-order valence-corrected chi connectivity index (χ1v) is 8.81. The lowest BCUT2D eigenvalue weighted by Crippen LogP contribution is -2.29. The number of hydrogen-bond acceptors (Lipinski definition) is 6. The zero-order valence-electron chi connectivity index (χ0n) is 14.4. The van der Waals surface area contributed by atoms with Gasteiger partial charge in [0.15, 0.2) is 0 Å². The second kappa shape index (κ2) is 8.05. The van der Waals surface area contributed by atoms with Crippen molar-refractivity contribution >= 4 is 27.7 Å². The molecule has 0 unspecified atom stereocenters. The Hall–Kier alpha value is -2.81. The Labute approximate surface area is 159 Å². The van der Waals surface area contributed by atoms with E-state index in [1.165, 1.54) is 6.20 Å². The van der Waals surface area contributed by atoms with Crippen LogP contribution in [0.2, 0.25) is 0 Å². The second-order valence-corrected chi connectivity index (χ2v) is 6.49. The lowest BCUT2D eigenvalue weighted by Gasteiger charge is -2.10. The number of amides is 1. The molecule has 1 amide bonds. The number of nitrogens with zero attached hydrogens (tertiary/aromatic N) is 5. The van der Waals surface area contributed by atoms with Crippen LogP contribution >= 0.6 is 15.9 Å². The molecule has 3 aromatic rings. The summed E-state index contributed by atoms with van der Waals surface area (Å²) in [6, 6.07) is 3.57. The molecule has 2 N–H and O–H groups in total. The van der Waals surface area contributed by atoms with Gasteiger partial charge < -0.3 is 10.6 Å². The molecular formula is C17H18BrN7O. The smallest absolute Gasteiger partial charge is 0.252 e. The van der Waals surface area contributed by atoms with E-state index < -0.39 is 0 Å². The van der Waals surface area contributed by atoms with Crippen LogP contribution < -0.4 is 10.6 Å². The van der Waals surface area contributed by atoms with Crippen molar-refractivity contribution in [3.8, 4) is 5.82 Å². The third kappa shape index (κ3) is 4.42. The first-order chi connectivity index (χ1) is 12.5. The van der Waals surface area contributed by atoms with Gasteiger partial charge in [-0.05, 0) is 35.8 Å². The predicted molar refractivity (Wildman–Crippen MR) is 101 cm³/mol. The Morgan fingerprint density at radius 1 is 1.19 bits per heavy atom. The molecule has 0 aliphatic heterocycles. The minimum Gasteiger partial charge on any atom is -0.368 e. The molecule has 0 spiro atoms. The molecule has 3 heterocycles. The summed E-state index contributed by atoms with van der Waals surface area (Å²) in [6.07, 6.45) is 6.75. The van der Waals surface area contributed by atoms with Gasteiger partial charge in [0.2, 0.25) is 0 Å². The topological polar surface area (TPSA) is 97.6 Å². The standard InChI is InChI=1S/C17H18BrN7O/c1-11-23-15(8-16(24-11)25-6-5-20-12(25)2)21-3-4-22-17(26)13-7-14(18)10-19-9-13/h5-10H,3-4H2,1-2H3,(H,22,26)(H,21,23,24). The maximum Gasteiger partial charge on any atom is 0.252 e. The largest absolute Gasteiger partial charge is 0.368 e. The molecule has 0 aromatic carbocycles. The van der Waals surface area contributed by atoms with Crippen molar-refractivity contribution in [2.24, 2.45) is 0 Å². The fraction of sp³-hybridized carbons (Fsp3) is 0.235. The SMILES string of the molecule is Cc1nc(NCCNC(=O)c2cncc(Br)c2)cc(-n2ccnc2C)n1. The molecular weight excluding hydrogens is 398 g/mol. The summed E-state index contributed by atoms with van der Waals surface area (Å²) in [6.45, 7) is 4.74. The highest BCUT2D eigenvalue weighted by molar-refractivity contribution is 9.10. The first kappa shape index (κ1) is 18.0. The van der Waals surface area contributed by atoms with Crippen molar-refractivity contribution in [1.82, 2.24) is 29.8 Å². The van der Waals surface area contributed by atoms with Gasteiger partial charge in [-0.2, -0.15) is 0 Å². The number of pyridine rings is 1. The van der Waals surface area contributed by atoms with Gasteiger partial charge >= 0.3 is 0 Å². The van der Waals surface area contributed by atoms with E-state index >= 15 is 0 Å². The highest BCUT2D eigenvalue weighted by atomic mass is 79.9. The van der Waals surface area contributed by atoms with Gasteiger partial charge in [0.1, 0.15) is 23.3 Å². The fourth-order valence-corrected chi connectivity index (χ4v) is 2.76. The van der Waals surface area contributed by atoms with Crippen molar-refractivity contribution in [2.75, 3.05) is 18.4 Å². The van der Waals surface area contributed by atoms with Crippen LogP contribution in [0.5, 0.6) is 0 Å². The average Bonchev–Trinajstić information content (AvgIpc) is 3.04. The maximum absolute atomic E-state index is 12.1. The fourth-order valence-electron chi connectivity index (χ4n) is 2.39. The molecule has 0 aliphatic rings. The normalized spacial score (nSPS) is 10.6. The van der Waals surface area contributed by atoms with Gasteiger partial charge in [-0.25, -0.2) is 15.0 Å². The summed E-state index contributed by atoms with van der Waals surface area (Å²) in [5.41, 5.74) is 0.509. The zero-order valence-corrected chi connectivity index (χ0v) is 16.0. The van der Waals surface area contributed by atoms with Gasteiger partial charge in [0.25, 0.3) is 5.91 Å². The van der Waals surface area contributed by atoms with E-state index in [-0.39, 0.29) is 5.91 Å². The summed E-state index contributed by atoms with van der Waals surface area (Å²) < 4.78 is 2.66. The third-order valence-corrected chi connectivity index (χ3v) is 4.01. The number of imidazole rings is 1. The number of carbonyl (C=O) groups is 1. The summed E-state index contributed by atoms with van der Waals surface area (Å²) in [5.74, 6) is 2.78. The molecule has 0 fully saturated rings. The molecule has 0 radical (unpaired) electrons.